The Balaban J connectivity index is 1.35. The zero-order valence-corrected chi connectivity index (χ0v) is 20.2. The van der Waals surface area contributed by atoms with Gasteiger partial charge in [-0.05, 0) is 62.1 Å². The van der Waals surface area contributed by atoms with Gasteiger partial charge in [-0.1, -0.05) is 24.1 Å². The van der Waals surface area contributed by atoms with Crippen LogP contribution in [-0.2, 0) is 14.4 Å². The third kappa shape index (κ3) is 4.61. The summed E-state index contributed by atoms with van der Waals surface area (Å²) in [5.74, 6) is -1.84. The Labute approximate surface area is 208 Å². The third-order valence-electron chi connectivity index (χ3n) is 7.88. The van der Waals surface area contributed by atoms with Gasteiger partial charge in [0.05, 0.1) is 0 Å². The average Bonchev–Trinajstić information content (AvgIpc) is 3.41. The molecule has 10 heteroatoms. The van der Waals surface area contributed by atoms with Crippen LogP contribution in [0.4, 0.5) is 0 Å². The van der Waals surface area contributed by atoms with Crippen LogP contribution in [-0.4, -0.2) is 58.7 Å². The summed E-state index contributed by atoms with van der Waals surface area (Å²) in [6, 6.07) is 5.45. The maximum atomic E-state index is 13.6. The Hall–Kier alpha value is -3.07. The molecule has 2 aromatic rings. The van der Waals surface area contributed by atoms with E-state index in [4.69, 9.17) is 17.3 Å². The molecule has 5 N–H and O–H groups in total. The van der Waals surface area contributed by atoms with Crippen LogP contribution in [0.15, 0.2) is 24.3 Å². The lowest BCUT2D eigenvalue weighted by molar-refractivity contribution is -0.132. The van der Waals surface area contributed by atoms with E-state index < -0.39 is 23.9 Å². The van der Waals surface area contributed by atoms with Crippen LogP contribution in [0.1, 0.15) is 55.4 Å². The molecule has 5 rings (SSSR count). The molecule has 3 heterocycles. The van der Waals surface area contributed by atoms with Gasteiger partial charge in [0.1, 0.15) is 17.8 Å². The number of carbonyl (C=O) groups excluding carboxylic acids is 4. The molecule has 1 aromatic heterocycles. The number of likely N-dealkylation sites (tertiary alicyclic amines) is 1. The van der Waals surface area contributed by atoms with Crippen molar-refractivity contribution in [2.45, 2.75) is 57.0 Å². The summed E-state index contributed by atoms with van der Waals surface area (Å²) in [5.41, 5.74) is 6.66. The highest BCUT2D eigenvalue weighted by atomic mass is 35.5. The SMILES string of the molecule is NC(=O)[C@H](C[C@@H]1CCCNC1=O)NC(=O)C1CC2(CCC2)CN1C(=O)c1cc2ccc(Cl)cc2[nH]1. The minimum absolute atomic E-state index is 0.0710. The molecule has 4 amide bonds. The second-order valence-electron chi connectivity index (χ2n) is 10.3. The monoisotopic (exact) mass is 499 g/mol. The van der Waals surface area contributed by atoms with Gasteiger partial charge in [-0.15, -0.1) is 0 Å². The predicted molar refractivity (Wildman–Crippen MR) is 131 cm³/mol. The fraction of sp³-hybridized carbons (Fsp3) is 0.520. The fourth-order valence-corrected chi connectivity index (χ4v) is 5.94. The summed E-state index contributed by atoms with van der Waals surface area (Å²) in [6.45, 7) is 1.11. The number of amides is 4. The minimum atomic E-state index is -0.971. The van der Waals surface area contributed by atoms with Gasteiger partial charge < -0.3 is 26.3 Å². The molecule has 0 bridgehead atoms. The van der Waals surface area contributed by atoms with Gasteiger partial charge in [0.15, 0.2) is 0 Å². The van der Waals surface area contributed by atoms with Crippen molar-refractivity contribution in [3.63, 3.8) is 0 Å². The van der Waals surface area contributed by atoms with E-state index >= 15 is 0 Å². The quantitative estimate of drug-likeness (QED) is 0.483. The molecule has 3 fully saturated rings. The first-order chi connectivity index (χ1) is 16.7. The van der Waals surface area contributed by atoms with E-state index in [0.29, 0.717) is 36.6 Å². The standard InChI is InChI=1S/C25H30ClN5O4/c26-16-5-4-14-9-19(29-17(14)11-16)24(35)31-13-25(6-2-7-25)12-20(31)23(34)30-18(21(27)32)10-15-3-1-8-28-22(15)33/h4-5,9,11,15,18,20,29H,1-3,6-8,10,12-13H2,(H2,27,32)(H,28,33)(H,30,34)/t15-,18-,20?/m0/s1. The molecule has 3 atom stereocenters. The number of nitrogens with one attached hydrogen (secondary N) is 3. The average molecular weight is 500 g/mol. The van der Waals surface area contributed by atoms with Gasteiger partial charge >= 0.3 is 0 Å². The van der Waals surface area contributed by atoms with Gasteiger partial charge in [-0.2, -0.15) is 0 Å². The van der Waals surface area contributed by atoms with E-state index in [1.165, 1.54) is 0 Å². The number of H-pyrrole nitrogens is 1. The molecule has 2 saturated heterocycles. The highest BCUT2D eigenvalue weighted by molar-refractivity contribution is 6.31. The molecule has 1 unspecified atom stereocenters. The summed E-state index contributed by atoms with van der Waals surface area (Å²) in [7, 11) is 0. The number of hydrogen-bond donors (Lipinski definition) is 4. The first kappa shape index (κ1) is 23.7. The molecule has 35 heavy (non-hydrogen) atoms. The van der Waals surface area contributed by atoms with Crippen molar-refractivity contribution < 1.29 is 19.2 Å². The van der Waals surface area contributed by atoms with Crippen molar-refractivity contribution in [2.75, 3.05) is 13.1 Å². The first-order valence-electron chi connectivity index (χ1n) is 12.2. The van der Waals surface area contributed by atoms with Crippen LogP contribution in [0, 0.1) is 11.3 Å². The van der Waals surface area contributed by atoms with Crippen LogP contribution < -0.4 is 16.4 Å². The second-order valence-corrected chi connectivity index (χ2v) is 10.7. The molecule has 1 spiro atoms. The molecular weight excluding hydrogens is 470 g/mol. The lowest BCUT2D eigenvalue weighted by Crippen LogP contribution is -2.53. The number of piperidine rings is 1. The van der Waals surface area contributed by atoms with Crippen LogP contribution >= 0.6 is 11.6 Å². The number of aromatic amines is 1. The lowest BCUT2D eigenvalue weighted by atomic mass is 9.67. The summed E-state index contributed by atoms with van der Waals surface area (Å²) >= 11 is 6.08. The van der Waals surface area contributed by atoms with E-state index in [1.54, 1.807) is 23.1 Å². The van der Waals surface area contributed by atoms with E-state index in [0.717, 1.165) is 36.6 Å². The number of benzene rings is 1. The minimum Gasteiger partial charge on any atom is -0.368 e. The Morgan fingerprint density at radius 2 is 2.03 bits per heavy atom. The Kier molecular flexibility index (Phi) is 6.21. The molecule has 3 aliphatic rings. The normalized spacial score (nSPS) is 24.1. The fourth-order valence-electron chi connectivity index (χ4n) is 5.77. The Morgan fingerprint density at radius 3 is 2.71 bits per heavy atom. The van der Waals surface area contributed by atoms with Gasteiger partial charge in [0.2, 0.25) is 17.7 Å². The summed E-state index contributed by atoms with van der Waals surface area (Å²) in [5, 5.41) is 6.99. The Morgan fingerprint density at radius 1 is 1.23 bits per heavy atom. The van der Waals surface area contributed by atoms with E-state index in [9.17, 15) is 19.2 Å². The molecule has 1 aromatic carbocycles. The zero-order valence-electron chi connectivity index (χ0n) is 19.4. The van der Waals surface area contributed by atoms with Gasteiger partial charge in [0, 0.05) is 34.9 Å². The number of nitrogens with zero attached hydrogens (tertiary/aromatic N) is 1. The predicted octanol–water partition coefficient (Wildman–Crippen LogP) is 2.09. The van der Waals surface area contributed by atoms with Crippen molar-refractivity contribution in [2.24, 2.45) is 17.1 Å². The van der Waals surface area contributed by atoms with Gasteiger partial charge in [-0.3, -0.25) is 19.2 Å². The molecule has 1 aliphatic carbocycles. The van der Waals surface area contributed by atoms with Gasteiger partial charge in [-0.25, -0.2) is 0 Å². The Bertz CT molecular complexity index is 1190. The van der Waals surface area contributed by atoms with E-state index in [-0.39, 0.29) is 29.6 Å². The topological polar surface area (TPSA) is 137 Å². The lowest BCUT2D eigenvalue weighted by Gasteiger charge is -2.37. The number of fused-ring (bicyclic) bond motifs is 1. The number of hydrogen-bond acceptors (Lipinski definition) is 4. The van der Waals surface area contributed by atoms with Crippen LogP contribution in [0.2, 0.25) is 5.02 Å². The van der Waals surface area contributed by atoms with Gasteiger partial charge in [0.25, 0.3) is 5.91 Å². The molecule has 9 nitrogen and oxygen atoms in total. The molecule has 1 saturated carbocycles. The maximum Gasteiger partial charge on any atom is 0.271 e. The van der Waals surface area contributed by atoms with Crippen LogP contribution in [0.25, 0.3) is 10.9 Å². The molecule has 2 aliphatic heterocycles. The van der Waals surface area contributed by atoms with Crippen LogP contribution in [0.3, 0.4) is 0 Å². The maximum absolute atomic E-state index is 13.6. The van der Waals surface area contributed by atoms with E-state index in [1.807, 2.05) is 6.07 Å². The van der Waals surface area contributed by atoms with Crippen LogP contribution in [0.5, 0.6) is 0 Å². The highest BCUT2D eigenvalue weighted by Crippen LogP contribution is 2.50. The number of nitrogens with two attached hydrogens (primary N) is 1. The zero-order chi connectivity index (χ0) is 24.7. The highest BCUT2D eigenvalue weighted by Gasteiger charge is 2.52. The van der Waals surface area contributed by atoms with Crippen molar-refractivity contribution >= 4 is 46.1 Å². The van der Waals surface area contributed by atoms with E-state index in [2.05, 4.69) is 15.6 Å². The summed E-state index contributed by atoms with van der Waals surface area (Å²) < 4.78 is 0. The summed E-state index contributed by atoms with van der Waals surface area (Å²) in [4.78, 5) is 56.1. The number of rotatable bonds is 6. The smallest absolute Gasteiger partial charge is 0.271 e. The van der Waals surface area contributed by atoms with Crippen molar-refractivity contribution in [1.29, 1.82) is 0 Å². The molecular formula is C25H30ClN5O4. The number of primary amides is 1. The van der Waals surface area contributed by atoms with Crippen molar-refractivity contribution in [1.82, 2.24) is 20.5 Å². The largest absolute Gasteiger partial charge is 0.368 e. The van der Waals surface area contributed by atoms with Crippen molar-refractivity contribution in [3.05, 3.63) is 35.0 Å². The number of carbonyl (C=O) groups is 4. The molecule has 0 radical (unpaired) electrons. The summed E-state index contributed by atoms with van der Waals surface area (Å²) in [6.07, 6.45) is 5.16. The second kappa shape index (κ2) is 9.18. The molecule has 186 valence electrons. The first-order valence-corrected chi connectivity index (χ1v) is 12.6. The van der Waals surface area contributed by atoms with Crippen molar-refractivity contribution in [3.8, 4) is 0 Å². The number of halogens is 1. The number of aromatic nitrogens is 1. The third-order valence-corrected chi connectivity index (χ3v) is 8.12.